The molecule has 0 bridgehead atoms. The summed E-state index contributed by atoms with van der Waals surface area (Å²) >= 11 is 0. The highest BCUT2D eigenvalue weighted by molar-refractivity contribution is 5.82. The second-order valence-electron chi connectivity index (χ2n) is 7.27. The zero-order valence-electron chi connectivity index (χ0n) is 17.2. The predicted molar refractivity (Wildman–Crippen MR) is 116 cm³/mol. The van der Waals surface area contributed by atoms with Crippen LogP contribution in [0.2, 0.25) is 0 Å². The topological polar surface area (TPSA) is 101 Å². The number of rotatable bonds is 5. The number of hydrogen-bond acceptors (Lipinski definition) is 6. The summed E-state index contributed by atoms with van der Waals surface area (Å²) in [6.45, 7) is 1.83. The average Bonchev–Trinajstić information content (AvgIpc) is 3.28. The van der Waals surface area contributed by atoms with Gasteiger partial charge in [0.15, 0.2) is 11.5 Å². The van der Waals surface area contributed by atoms with Crippen molar-refractivity contribution in [3.8, 4) is 5.69 Å². The minimum atomic E-state index is -0.984. The smallest absolute Gasteiger partial charge is 0.269 e. The summed E-state index contributed by atoms with van der Waals surface area (Å²) in [5, 5.41) is 2.88. The zero-order valence-corrected chi connectivity index (χ0v) is 17.2. The standard InChI is InChI=1S/C22H16F3N7O/c1-2-14(30-20-18-19(27-9-26-18)28-10-29-20)21-31-15-5-3-4-12(24)17(15)22(33)32(21)16-7-6-11(23)8-13(16)25/h3-10,14H,2H2,1H3,(H2,26,27,28,29,30). The first-order valence-electron chi connectivity index (χ1n) is 10.0. The summed E-state index contributed by atoms with van der Waals surface area (Å²) in [7, 11) is 0. The van der Waals surface area contributed by atoms with Gasteiger partial charge in [-0.1, -0.05) is 13.0 Å². The molecule has 5 aromatic rings. The van der Waals surface area contributed by atoms with Crippen molar-refractivity contribution in [2.75, 3.05) is 5.32 Å². The van der Waals surface area contributed by atoms with Crippen molar-refractivity contribution in [2.24, 2.45) is 0 Å². The molecule has 0 spiro atoms. The molecular formula is C22H16F3N7O. The minimum Gasteiger partial charge on any atom is -0.358 e. The molecule has 0 radical (unpaired) electrons. The number of halogens is 3. The predicted octanol–water partition coefficient (Wildman–Crippen LogP) is 4.03. The molecule has 2 aromatic carbocycles. The van der Waals surface area contributed by atoms with Crippen LogP contribution in [0.15, 0.2) is 53.8 Å². The molecule has 1 unspecified atom stereocenters. The SMILES string of the molecule is CCC(Nc1ncnc2[nH]cnc12)c1nc2cccc(F)c2c(=O)n1-c1ccc(F)cc1F. The Hall–Kier alpha value is -4.28. The molecule has 1 atom stereocenters. The van der Waals surface area contributed by atoms with Crippen LogP contribution in [0.3, 0.4) is 0 Å². The van der Waals surface area contributed by atoms with Crippen LogP contribution in [0.5, 0.6) is 0 Å². The molecule has 0 fully saturated rings. The maximum Gasteiger partial charge on any atom is 0.269 e. The van der Waals surface area contributed by atoms with Crippen molar-refractivity contribution < 1.29 is 13.2 Å². The van der Waals surface area contributed by atoms with Gasteiger partial charge in [0, 0.05) is 6.07 Å². The van der Waals surface area contributed by atoms with Crippen molar-refractivity contribution in [3.05, 3.63) is 82.7 Å². The maximum atomic E-state index is 14.8. The van der Waals surface area contributed by atoms with Crippen molar-refractivity contribution >= 4 is 27.9 Å². The number of nitrogens with one attached hydrogen (secondary N) is 2. The van der Waals surface area contributed by atoms with Crippen LogP contribution in [-0.4, -0.2) is 29.5 Å². The molecule has 0 saturated heterocycles. The number of nitrogens with zero attached hydrogens (tertiary/aromatic N) is 5. The van der Waals surface area contributed by atoms with Gasteiger partial charge in [-0.15, -0.1) is 0 Å². The lowest BCUT2D eigenvalue weighted by atomic mass is 10.1. The third-order valence-corrected chi connectivity index (χ3v) is 5.27. The van der Waals surface area contributed by atoms with Gasteiger partial charge in [-0.05, 0) is 30.7 Å². The number of fused-ring (bicyclic) bond motifs is 2. The monoisotopic (exact) mass is 451 g/mol. The largest absolute Gasteiger partial charge is 0.358 e. The van der Waals surface area contributed by atoms with Gasteiger partial charge >= 0.3 is 0 Å². The van der Waals surface area contributed by atoms with Gasteiger partial charge < -0.3 is 10.3 Å². The Labute approximate surface area is 184 Å². The summed E-state index contributed by atoms with van der Waals surface area (Å²) in [5.41, 5.74) is 0.0116. The number of imidazole rings is 1. The lowest BCUT2D eigenvalue weighted by Crippen LogP contribution is -2.29. The van der Waals surface area contributed by atoms with Crippen molar-refractivity contribution in [2.45, 2.75) is 19.4 Å². The second kappa shape index (κ2) is 8.01. The van der Waals surface area contributed by atoms with Crippen LogP contribution in [-0.2, 0) is 0 Å². The van der Waals surface area contributed by atoms with Crippen molar-refractivity contribution in [1.29, 1.82) is 0 Å². The van der Waals surface area contributed by atoms with Gasteiger partial charge in [-0.3, -0.25) is 9.36 Å². The van der Waals surface area contributed by atoms with E-state index in [1.54, 1.807) is 0 Å². The van der Waals surface area contributed by atoms with Gasteiger partial charge in [0.1, 0.15) is 40.5 Å². The van der Waals surface area contributed by atoms with Crippen molar-refractivity contribution in [1.82, 2.24) is 29.5 Å². The Kier molecular flexibility index (Phi) is 5.00. The van der Waals surface area contributed by atoms with Gasteiger partial charge in [-0.2, -0.15) is 0 Å². The molecule has 8 nitrogen and oxygen atoms in total. The molecule has 3 heterocycles. The molecule has 2 N–H and O–H groups in total. The van der Waals surface area contributed by atoms with E-state index < -0.39 is 29.1 Å². The van der Waals surface area contributed by atoms with Crippen molar-refractivity contribution in [3.63, 3.8) is 0 Å². The number of benzene rings is 2. The zero-order chi connectivity index (χ0) is 23.1. The molecule has 0 saturated carbocycles. The van der Waals surface area contributed by atoms with Crippen LogP contribution < -0.4 is 10.9 Å². The molecule has 11 heteroatoms. The van der Waals surface area contributed by atoms with E-state index in [1.807, 2.05) is 6.92 Å². The molecule has 0 aliphatic heterocycles. The van der Waals surface area contributed by atoms with E-state index >= 15 is 0 Å². The molecule has 5 rings (SSSR count). The average molecular weight is 451 g/mol. The van der Waals surface area contributed by atoms with E-state index in [0.29, 0.717) is 29.5 Å². The van der Waals surface area contributed by atoms with Gasteiger partial charge in [0.25, 0.3) is 5.56 Å². The fraction of sp³-hybridized carbons (Fsp3) is 0.136. The fourth-order valence-electron chi connectivity index (χ4n) is 3.72. The summed E-state index contributed by atoms with van der Waals surface area (Å²) in [6, 6.07) is 6.19. The molecular weight excluding hydrogens is 435 g/mol. The van der Waals surface area contributed by atoms with Crippen LogP contribution in [0.25, 0.3) is 27.8 Å². The number of aromatic amines is 1. The molecule has 0 aliphatic carbocycles. The lowest BCUT2D eigenvalue weighted by molar-refractivity contribution is 0.568. The molecule has 0 aliphatic rings. The molecule has 33 heavy (non-hydrogen) atoms. The Bertz CT molecular complexity index is 1560. The van der Waals surface area contributed by atoms with E-state index in [2.05, 4.69) is 30.2 Å². The summed E-state index contributed by atoms with van der Waals surface area (Å²) in [4.78, 5) is 33.3. The van der Waals surface area contributed by atoms with Gasteiger partial charge in [-0.25, -0.2) is 33.1 Å². The Morgan fingerprint density at radius 1 is 1.09 bits per heavy atom. The Balaban J connectivity index is 1.77. The normalized spacial score (nSPS) is 12.4. The molecule has 166 valence electrons. The highest BCUT2D eigenvalue weighted by Gasteiger charge is 2.24. The lowest BCUT2D eigenvalue weighted by Gasteiger charge is -2.22. The summed E-state index contributed by atoms with van der Waals surface area (Å²) in [5.74, 6) is -2.11. The first kappa shape index (κ1) is 20.6. The highest BCUT2D eigenvalue weighted by Crippen LogP contribution is 2.27. The Morgan fingerprint density at radius 3 is 2.73 bits per heavy atom. The molecule has 0 amide bonds. The maximum absolute atomic E-state index is 14.8. The third-order valence-electron chi connectivity index (χ3n) is 5.27. The summed E-state index contributed by atoms with van der Waals surface area (Å²) < 4.78 is 43.9. The Morgan fingerprint density at radius 2 is 1.94 bits per heavy atom. The fourth-order valence-corrected chi connectivity index (χ4v) is 3.72. The van der Waals surface area contributed by atoms with E-state index in [0.717, 1.165) is 22.8 Å². The number of aromatic nitrogens is 6. The van der Waals surface area contributed by atoms with Crippen LogP contribution in [0, 0.1) is 17.5 Å². The third kappa shape index (κ3) is 3.47. The van der Waals surface area contributed by atoms with E-state index in [-0.39, 0.29) is 22.4 Å². The van der Waals surface area contributed by atoms with Crippen LogP contribution >= 0.6 is 0 Å². The molecule has 3 aromatic heterocycles. The van der Waals surface area contributed by atoms with Crippen LogP contribution in [0.1, 0.15) is 25.2 Å². The van der Waals surface area contributed by atoms with Gasteiger partial charge in [0.05, 0.1) is 23.6 Å². The van der Waals surface area contributed by atoms with Crippen LogP contribution in [0.4, 0.5) is 19.0 Å². The van der Waals surface area contributed by atoms with E-state index in [9.17, 15) is 18.0 Å². The number of hydrogen-bond donors (Lipinski definition) is 2. The quantitative estimate of drug-likeness (QED) is 0.418. The summed E-state index contributed by atoms with van der Waals surface area (Å²) in [6.07, 6.45) is 3.20. The number of H-pyrrole nitrogens is 1. The van der Waals surface area contributed by atoms with Gasteiger partial charge in [0.2, 0.25) is 0 Å². The first-order chi connectivity index (χ1) is 16.0. The second-order valence-corrected chi connectivity index (χ2v) is 7.27. The van der Waals surface area contributed by atoms with E-state index in [4.69, 9.17) is 0 Å². The van der Waals surface area contributed by atoms with E-state index in [1.165, 1.54) is 24.8 Å². The first-order valence-corrected chi connectivity index (χ1v) is 10.0. The number of anilines is 1. The minimum absolute atomic E-state index is 0.105. The highest BCUT2D eigenvalue weighted by atomic mass is 19.1.